The molecule has 0 aliphatic carbocycles. The number of nitrogens with zero attached hydrogens (tertiary/aromatic N) is 3. The van der Waals surface area contributed by atoms with Crippen molar-refractivity contribution in [3.05, 3.63) is 53.5 Å². The van der Waals surface area contributed by atoms with Gasteiger partial charge in [-0.2, -0.15) is 4.98 Å². The van der Waals surface area contributed by atoms with Crippen molar-refractivity contribution in [2.24, 2.45) is 0 Å². The van der Waals surface area contributed by atoms with E-state index in [2.05, 4.69) is 16.2 Å². The van der Waals surface area contributed by atoms with Crippen molar-refractivity contribution in [2.45, 2.75) is 26.2 Å². The molecule has 3 aromatic rings. The first-order chi connectivity index (χ1) is 11.6. The van der Waals surface area contributed by atoms with E-state index in [1.807, 2.05) is 30.9 Å². The van der Waals surface area contributed by atoms with Gasteiger partial charge in [0.05, 0.1) is 6.26 Å². The van der Waals surface area contributed by atoms with Crippen LogP contribution in [0.3, 0.4) is 0 Å². The molecular formula is C18H17N3O3. The summed E-state index contributed by atoms with van der Waals surface area (Å²) in [4.78, 5) is 18.6. The molecule has 0 radical (unpaired) electrons. The molecule has 0 N–H and O–H groups in total. The lowest BCUT2D eigenvalue weighted by Gasteiger charge is -2.19. The Kier molecular flexibility index (Phi) is 3.45. The Morgan fingerprint density at radius 3 is 2.88 bits per heavy atom. The zero-order valence-corrected chi connectivity index (χ0v) is 13.5. The molecule has 2 aromatic heterocycles. The van der Waals surface area contributed by atoms with Crippen molar-refractivity contribution in [2.75, 3.05) is 11.4 Å². The van der Waals surface area contributed by atoms with Crippen molar-refractivity contribution >= 4 is 11.6 Å². The van der Waals surface area contributed by atoms with E-state index in [0.717, 1.165) is 11.3 Å². The molecule has 3 heterocycles. The molecule has 0 spiro atoms. The number of benzene rings is 1. The van der Waals surface area contributed by atoms with Crippen LogP contribution in [0, 0.1) is 13.8 Å². The maximum absolute atomic E-state index is 12.5. The largest absolute Gasteiger partial charge is 0.459 e. The van der Waals surface area contributed by atoms with Gasteiger partial charge in [-0.3, -0.25) is 4.79 Å². The Balaban J connectivity index is 1.58. The Labute approximate surface area is 139 Å². The summed E-state index contributed by atoms with van der Waals surface area (Å²) in [5, 5.41) is 4.03. The quantitative estimate of drug-likeness (QED) is 0.738. The van der Waals surface area contributed by atoms with Gasteiger partial charge in [-0.05, 0) is 37.6 Å². The third kappa shape index (κ3) is 2.50. The number of carbonyl (C=O) groups excluding carboxylic acids is 1. The van der Waals surface area contributed by atoms with E-state index in [4.69, 9.17) is 8.94 Å². The zero-order chi connectivity index (χ0) is 16.7. The number of amides is 1. The van der Waals surface area contributed by atoms with Gasteiger partial charge in [0.2, 0.25) is 5.91 Å². The monoisotopic (exact) mass is 323 g/mol. The van der Waals surface area contributed by atoms with E-state index in [0.29, 0.717) is 30.4 Å². The zero-order valence-electron chi connectivity index (χ0n) is 13.5. The van der Waals surface area contributed by atoms with Gasteiger partial charge in [0.1, 0.15) is 0 Å². The van der Waals surface area contributed by atoms with Gasteiger partial charge in [-0.1, -0.05) is 22.9 Å². The number of aryl methyl sites for hydroxylation is 2. The van der Waals surface area contributed by atoms with Gasteiger partial charge in [0, 0.05) is 24.6 Å². The maximum Gasteiger partial charge on any atom is 0.293 e. The number of rotatable bonds is 3. The number of furan rings is 1. The van der Waals surface area contributed by atoms with Crippen molar-refractivity contribution < 1.29 is 13.7 Å². The van der Waals surface area contributed by atoms with E-state index < -0.39 is 0 Å². The summed E-state index contributed by atoms with van der Waals surface area (Å²) in [6, 6.07) is 9.63. The highest BCUT2D eigenvalue weighted by Crippen LogP contribution is 2.33. The summed E-state index contributed by atoms with van der Waals surface area (Å²) in [5.41, 5.74) is 3.22. The fourth-order valence-corrected chi connectivity index (χ4v) is 3.12. The molecular weight excluding hydrogens is 306 g/mol. The van der Waals surface area contributed by atoms with Gasteiger partial charge in [-0.15, -0.1) is 0 Å². The number of hydrogen-bond donors (Lipinski definition) is 0. The minimum absolute atomic E-state index is 0.0781. The highest BCUT2D eigenvalue weighted by atomic mass is 16.5. The topological polar surface area (TPSA) is 72.4 Å². The summed E-state index contributed by atoms with van der Waals surface area (Å²) < 4.78 is 10.5. The second-order valence-corrected chi connectivity index (χ2v) is 6.13. The predicted octanol–water partition coefficient (Wildman–Crippen LogP) is 3.47. The third-order valence-corrected chi connectivity index (χ3v) is 4.31. The Morgan fingerprint density at radius 2 is 2.12 bits per heavy atom. The van der Waals surface area contributed by atoms with Gasteiger partial charge >= 0.3 is 0 Å². The Hall–Kier alpha value is -2.89. The van der Waals surface area contributed by atoms with E-state index >= 15 is 0 Å². The molecule has 0 saturated carbocycles. The van der Waals surface area contributed by atoms with Crippen LogP contribution in [0.5, 0.6) is 0 Å². The van der Waals surface area contributed by atoms with E-state index in [9.17, 15) is 4.79 Å². The Morgan fingerprint density at radius 1 is 1.25 bits per heavy atom. The van der Waals surface area contributed by atoms with Crippen LogP contribution in [0.25, 0.3) is 11.7 Å². The molecule has 1 unspecified atom stereocenters. The fourth-order valence-electron chi connectivity index (χ4n) is 3.12. The average Bonchev–Trinajstić information content (AvgIpc) is 3.27. The maximum atomic E-state index is 12.5. The predicted molar refractivity (Wildman–Crippen MR) is 87.6 cm³/mol. The molecule has 1 fully saturated rings. The summed E-state index contributed by atoms with van der Waals surface area (Å²) in [5.74, 6) is 1.42. The average molecular weight is 323 g/mol. The minimum atomic E-state index is -0.0781. The summed E-state index contributed by atoms with van der Waals surface area (Å²) in [7, 11) is 0. The smallest absolute Gasteiger partial charge is 0.293 e. The van der Waals surface area contributed by atoms with E-state index in [1.54, 1.807) is 18.4 Å². The number of anilines is 1. The molecule has 1 atom stereocenters. The van der Waals surface area contributed by atoms with Crippen LogP contribution in [0.15, 0.2) is 45.5 Å². The summed E-state index contributed by atoms with van der Waals surface area (Å²) in [6.45, 7) is 4.62. The van der Waals surface area contributed by atoms with Crippen molar-refractivity contribution in [3.8, 4) is 11.7 Å². The molecule has 6 nitrogen and oxygen atoms in total. The number of hydrogen-bond acceptors (Lipinski definition) is 5. The number of aromatic nitrogens is 2. The highest BCUT2D eigenvalue weighted by molar-refractivity contribution is 5.97. The van der Waals surface area contributed by atoms with E-state index in [-0.39, 0.29) is 11.8 Å². The number of carbonyl (C=O) groups is 1. The Bertz CT molecular complexity index is 883. The second kappa shape index (κ2) is 5.63. The minimum Gasteiger partial charge on any atom is -0.459 e. The molecule has 1 amide bonds. The van der Waals surface area contributed by atoms with Crippen LogP contribution in [-0.4, -0.2) is 22.6 Å². The van der Waals surface area contributed by atoms with Crippen molar-refractivity contribution in [1.29, 1.82) is 0 Å². The fraction of sp³-hybridized carbons (Fsp3) is 0.278. The second-order valence-electron chi connectivity index (χ2n) is 6.13. The summed E-state index contributed by atoms with van der Waals surface area (Å²) >= 11 is 0. The molecule has 4 rings (SSSR count). The van der Waals surface area contributed by atoms with Crippen LogP contribution < -0.4 is 4.90 Å². The summed E-state index contributed by atoms with van der Waals surface area (Å²) in [6.07, 6.45) is 1.94. The lowest BCUT2D eigenvalue weighted by atomic mass is 10.1. The van der Waals surface area contributed by atoms with Crippen LogP contribution in [-0.2, 0) is 4.79 Å². The van der Waals surface area contributed by atoms with Gasteiger partial charge in [-0.25, -0.2) is 0 Å². The van der Waals surface area contributed by atoms with Crippen LogP contribution in [0.1, 0.15) is 29.3 Å². The SMILES string of the molecule is Cc1ccc(N2CC(c3noc(-c4ccco4)n3)CC2=O)c(C)c1. The first-order valence-corrected chi connectivity index (χ1v) is 7.87. The lowest BCUT2D eigenvalue weighted by molar-refractivity contribution is -0.117. The van der Waals surface area contributed by atoms with E-state index in [1.165, 1.54) is 5.56 Å². The standard InChI is InChI=1S/C18H17N3O3/c1-11-5-6-14(12(2)8-11)21-10-13(9-16(21)22)17-19-18(24-20-17)15-4-3-7-23-15/h3-8,13H,9-10H2,1-2H3. The van der Waals surface area contributed by atoms with Gasteiger partial charge < -0.3 is 13.8 Å². The van der Waals surface area contributed by atoms with Crippen molar-refractivity contribution in [1.82, 2.24) is 10.1 Å². The molecule has 6 heteroatoms. The molecule has 1 aromatic carbocycles. The first-order valence-electron chi connectivity index (χ1n) is 7.87. The van der Waals surface area contributed by atoms with Crippen LogP contribution in [0.2, 0.25) is 0 Å². The molecule has 1 saturated heterocycles. The molecule has 1 aliphatic rings. The lowest BCUT2D eigenvalue weighted by Crippen LogP contribution is -2.25. The van der Waals surface area contributed by atoms with Crippen LogP contribution in [0.4, 0.5) is 5.69 Å². The highest BCUT2D eigenvalue weighted by Gasteiger charge is 2.35. The molecule has 24 heavy (non-hydrogen) atoms. The van der Waals surface area contributed by atoms with Crippen molar-refractivity contribution in [3.63, 3.8) is 0 Å². The van der Waals surface area contributed by atoms with Gasteiger partial charge in [0.15, 0.2) is 11.6 Å². The van der Waals surface area contributed by atoms with Crippen LogP contribution >= 0.6 is 0 Å². The third-order valence-electron chi connectivity index (χ3n) is 4.31. The molecule has 0 bridgehead atoms. The van der Waals surface area contributed by atoms with Gasteiger partial charge in [0.25, 0.3) is 5.89 Å². The normalized spacial score (nSPS) is 17.7. The molecule has 122 valence electrons. The first kappa shape index (κ1) is 14.7. The molecule has 1 aliphatic heterocycles.